The minimum atomic E-state index is -0.480. The van der Waals surface area contributed by atoms with Crippen LogP contribution in [-0.4, -0.2) is 22.1 Å². The fourth-order valence-corrected chi connectivity index (χ4v) is 2.80. The molecule has 2 unspecified atom stereocenters. The molecule has 0 bridgehead atoms. The van der Waals surface area contributed by atoms with E-state index in [4.69, 9.17) is 5.11 Å². The van der Waals surface area contributed by atoms with Gasteiger partial charge in [-0.3, -0.25) is 0 Å². The lowest BCUT2D eigenvalue weighted by molar-refractivity contribution is 0.196. The minimum Gasteiger partial charge on any atom is -0.395 e. The summed E-state index contributed by atoms with van der Waals surface area (Å²) in [6, 6.07) is 5.79. The summed E-state index contributed by atoms with van der Waals surface area (Å²) in [6.45, 7) is 3.84. The van der Waals surface area contributed by atoms with Gasteiger partial charge in [0.15, 0.2) is 0 Å². The molecule has 1 rings (SSSR count). The van der Waals surface area contributed by atoms with Crippen LogP contribution in [0.25, 0.3) is 0 Å². The highest BCUT2D eigenvalue weighted by molar-refractivity contribution is 9.10. The van der Waals surface area contributed by atoms with E-state index in [2.05, 4.69) is 15.9 Å². The quantitative estimate of drug-likeness (QED) is 0.838. The number of hydrogen-bond acceptors (Lipinski definition) is 3. The summed E-state index contributed by atoms with van der Waals surface area (Å²) >= 11 is 4.97. The molecule has 2 N–H and O–H groups in total. The van der Waals surface area contributed by atoms with E-state index in [9.17, 15) is 5.11 Å². The van der Waals surface area contributed by atoms with Gasteiger partial charge in [0.05, 0.1) is 12.7 Å². The molecule has 0 amide bonds. The summed E-state index contributed by atoms with van der Waals surface area (Å²) in [7, 11) is 0. The Morgan fingerprint density at radius 2 is 2.07 bits per heavy atom. The predicted molar refractivity (Wildman–Crippen MR) is 67.2 cm³/mol. The Labute approximate surface area is 103 Å². The van der Waals surface area contributed by atoms with Crippen LogP contribution in [0.15, 0.2) is 27.6 Å². The van der Waals surface area contributed by atoms with Crippen molar-refractivity contribution in [3.05, 3.63) is 28.2 Å². The van der Waals surface area contributed by atoms with E-state index >= 15 is 0 Å². The molecule has 1 aromatic carbocycles. The Hall–Kier alpha value is -0.0300. The Kier molecular flexibility index (Phi) is 5.12. The van der Waals surface area contributed by atoms with E-state index in [-0.39, 0.29) is 11.9 Å². The summed E-state index contributed by atoms with van der Waals surface area (Å²) in [5, 5.41) is 18.7. The highest BCUT2D eigenvalue weighted by Gasteiger charge is 2.11. The van der Waals surface area contributed by atoms with Crippen LogP contribution < -0.4 is 0 Å². The second kappa shape index (κ2) is 5.89. The number of aliphatic hydroxyl groups is 2. The average molecular weight is 291 g/mol. The number of aliphatic hydroxyl groups excluding tert-OH is 2. The molecule has 15 heavy (non-hydrogen) atoms. The maximum atomic E-state index is 9.59. The summed E-state index contributed by atoms with van der Waals surface area (Å²) in [6.07, 6.45) is -0.480. The number of benzene rings is 1. The van der Waals surface area contributed by atoms with Crippen molar-refractivity contribution in [2.45, 2.75) is 30.1 Å². The summed E-state index contributed by atoms with van der Waals surface area (Å²) in [4.78, 5) is 1.01. The molecule has 0 aromatic heterocycles. The lowest BCUT2D eigenvalue weighted by atomic mass is 10.1. The Morgan fingerprint density at radius 3 is 2.60 bits per heavy atom. The number of thioether (sulfide) groups is 1. The van der Waals surface area contributed by atoms with Gasteiger partial charge in [0.25, 0.3) is 0 Å². The number of halogens is 1. The van der Waals surface area contributed by atoms with Crippen molar-refractivity contribution in [1.29, 1.82) is 0 Å². The molecule has 1 aromatic rings. The molecule has 0 aliphatic carbocycles. The molecule has 0 saturated carbocycles. The first-order valence-electron chi connectivity index (χ1n) is 4.79. The smallest absolute Gasteiger partial charge is 0.0772 e. The van der Waals surface area contributed by atoms with E-state index in [0.29, 0.717) is 0 Å². The van der Waals surface area contributed by atoms with Crippen molar-refractivity contribution < 1.29 is 10.2 Å². The van der Waals surface area contributed by atoms with Crippen molar-refractivity contribution in [2.75, 3.05) is 6.61 Å². The average Bonchev–Trinajstić information content (AvgIpc) is 2.17. The van der Waals surface area contributed by atoms with E-state index in [1.54, 1.807) is 18.7 Å². The van der Waals surface area contributed by atoms with Gasteiger partial charge in [-0.25, -0.2) is 0 Å². The molecule has 0 aliphatic rings. The van der Waals surface area contributed by atoms with Gasteiger partial charge >= 0.3 is 0 Å². The second-order valence-electron chi connectivity index (χ2n) is 3.47. The maximum absolute atomic E-state index is 9.59. The third-order valence-electron chi connectivity index (χ3n) is 2.01. The highest BCUT2D eigenvalue weighted by Crippen LogP contribution is 2.32. The zero-order chi connectivity index (χ0) is 11.4. The molecule has 0 heterocycles. The predicted octanol–water partition coefficient (Wildman–Crippen LogP) is 2.98. The van der Waals surface area contributed by atoms with E-state index < -0.39 is 6.10 Å². The normalized spacial score (nSPS) is 15.0. The van der Waals surface area contributed by atoms with Gasteiger partial charge in [-0.2, -0.15) is 0 Å². The first-order valence-corrected chi connectivity index (χ1v) is 6.47. The minimum absolute atomic E-state index is 0.135. The zero-order valence-electron chi connectivity index (χ0n) is 8.77. The van der Waals surface area contributed by atoms with Gasteiger partial charge in [-0.15, -0.1) is 11.8 Å². The monoisotopic (exact) mass is 290 g/mol. The molecule has 0 saturated heterocycles. The first-order chi connectivity index (χ1) is 7.04. The molecular weight excluding hydrogens is 276 g/mol. The second-order valence-corrected chi connectivity index (χ2v) is 5.87. The number of rotatable bonds is 4. The first kappa shape index (κ1) is 13.0. The third kappa shape index (κ3) is 3.79. The van der Waals surface area contributed by atoms with Crippen LogP contribution in [0.5, 0.6) is 0 Å². The van der Waals surface area contributed by atoms with E-state index in [1.165, 1.54) is 0 Å². The highest BCUT2D eigenvalue weighted by atomic mass is 79.9. The molecule has 0 fully saturated rings. The summed E-state index contributed by atoms with van der Waals surface area (Å²) in [5.41, 5.74) is 0.906. The van der Waals surface area contributed by atoms with E-state index in [0.717, 1.165) is 14.9 Å². The Bertz CT molecular complexity index is 328. The van der Waals surface area contributed by atoms with Gasteiger partial charge < -0.3 is 10.2 Å². The summed E-state index contributed by atoms with van der Waals surface area (Å²) in [5.74, 6) is 0. The summed E-state index contributed by atoms with van der Waals surface area (Å²) < 4.78 is 0.986. The van der Waals surface area contributed by atoms with Gasteiger partial charge in [0.1, 0.15) is 0 Å². The van der Waals surface area contributed by atoms with E-state index in [1.807, 2.05) is 25.1 Å². The fraction of sp³-hybridized carbons (Fsp3) is 0.455. The van der Waals surface area contributed by atoms with Gasteiger partial charge in [0.2, 0.25) is 0 Å². The van der Waals surface area contributed by atoms with Crippen molar-refractivity contribution in [1.82, 2.24) is 0 Å². The van der Waals surface area contributed by atoms with Crippen LogP contribution in [-0.2, 0) is 0 Å². The third-order valence-corrected chi connectivity index (χ3v) is 3.66. The van der Waals surface area contributed by atoms with Crippen molar-refractivity contribution in [2.24, 2.45) is 0 Å². The molecule has 2 nitrogen and oxygen atoms in total. The Morgan fingerprint density at radius 1 is 1.40 bits per heavy atom. The molecule has 4 heteroatoms. The maximum Gasteiger partial charge on any atom is 0.0772 e. The van der Waals surface area contributed by atoms with Crippen LogP contribution in [0.4, 0.5) is 0 Å². The van der Waals surface area contributed by atoms with Gasteiger partial charge in [-0.05, 0) is 24.6 Å². The molecule has 0 spiro atoms. The number of hydrogen-bond donors (Lipinski definition) is 2. The van der Waals surface area contributed by atoms with Crippen molar-refractivity contribution in [3.63, 3.8) is 0 Å². The lowest BCUT2D eigenvalue weighted by Gasteiger charge is -2.14. The lowest BCUT2D eigenvalue weighted by Crippen LogP contribution is -2.03. The topological polar surface area (TPSA) is 40.5 Å². The Balaban J connectivity index is 2.96. The van der Waals surface area contributed by atoms with Crippen LogP contribution in [0.2, 0.25) is 0 Å². The SMILES string of the molecule is CC(CO)Sc1cc(Br)ccc1C(C)O. The van der Waals surface area contributed by atoms with Crippen LogP contribution in [0.1, 0.15) is 25.5 Å². The molecule has 0 aliphatic heterocycles. The molecule has 84 valence electrons. The molecular formula is C11H15BrO2S. The fourth-order valence-electron chi connectivity index (χ4n) is 1.21. The van der Waals surface area contributed by atoms with Crippen LogP contribution in [0.3, 0.4) is 0 Å². The van der Waals surface area contributed by atoms with Crippen molar-refractivity contribution >= 4 is 27.7 Å². The molecule has 2 atom stereocenters. The largest absolute Gasteiger partial charge is 0.395 e. The van der Waals surface area contributed by atoms with Crippen LogP contribution >= 0.6 is 27.7 Å². The van der Waals surface area contributed by atoms with Crippen LogP contribution in [0, 0.1) is 0 Å². The zero-order valence-corrected chi connectivity index (χ0v) is 11.2. The van der Waals surface area contributed by atoms with Gasteiger partial charge in [-0.1, -0.05) is 28.9 Å². The van der Waals surface area contributed by atoms with Gasteiger partial charge in [0, 0.05) is 14.6 Å². The molecule has 0 radical (unpaired) electrons. The standard InChI is InChI=1S/C11H15BrO2S/c1-7(6-13)15-11-5-9(12)3-4-10(11)8(2)14/h3-5,7-8,13-14H,6H2,1-2H3. The van der Waals surface area contributed by atoms with Crippen molar-refractivity contribution in [3.8, 4) is 0 Å².